The first-order valence-corrected chi connectivity index (χ1v) is 8.49. The Bertz CT molecular complexity index is 704. The summed E-state index contributed by atoms with van der Waals surface area (Å²) in [5.41, 5.74) is -0.884. The summed E-state index contributed by atoms with van der Waals surface area (Å²) in [6.07, 6.45) is 0.779. The van der Waals surface area contributed by atoms with Crippen LogP contribution in [0, 0.1) is 11.7 Å². The van der Waals surface area contributed by atoms with Gasteiger partial charge < -0.3 is 20.3 Å². The summed E-state index contributed by atoms with van der Waals surface area (Å²) in [5, 5.41) is 22.0. The van der Waals surface area contributed by atoms with E-state index in [-0.39, 0.29) is 11.8 Å². The van der Waals surface area contributed by atoms with Crippen molar-refractivity contribution < 1.29 is 24.1 Å². The molecule has 2 unspecified atom stereocenters. The number of aliphatic hydroxyl groups is 2. The second-order valence-corrected chi connectivity index (χ2v) is 6.66. The monoisotopic (exact) mass is 355 g/mol. The molecule has 0 spiro atoms. The van der Waals surface area contributed by atoms with E-state index in [4.69, 9.17) is 4.74 Å². The number of aromatic nitrogens is 2. The van der Waals surface area contributed by atoms with E-state index < -0.39 is 41.9 Å². The van der Waals surface area contributed by atoms with Gasteiger partial charge in [0.2, 0.25) is 5.91 Å². The number of nitrogens with zero attached hydrogens (tertiary/aromatic N) is 2. The third-order valence-electron chi connectivity index (χ3n) is 4.88. The van der Waals surface area contributed by atoms with Crippen LogP contribution in [0.1, 0.15) is 45.3 Å². The number of halogens is 1. The molecule has 0 aromatic carbocycles. The average molecular weight is 355 g/mol. The summed E-state index contributed by atoms with van der Waals surface area (Å²) in [5.74, 6) is -1.88. The van der Waals surface area contributed by atoms with E-state index in [2.05, 4.69) is 10.3 Å². The van der Waals surface area contributed by atoms with Crippen molar-refractivity contribution in [1.29, 1.82) is 0 Å². The van der Waals surface area contributed by atoms with Gasteiger partial charge in [0.1, 0.15) is 12.2 Å². The van der Waals surface area contributed by atoms with Gasteiger partial charge in [-0.2, -0.15) is 4.98 Å². The van der Waals surface area contributed by atoms with Gasteiger partial charge >= 0.3 is 5.69 Å². The Morgan fingerprint density at radius 1 is 1.32 bits per heavy atom. The zero-order valence-electron chi connectivity index (χ0n) is 13.9. The van der Waals surface area contributed by atoms with E-state index in [1.165, 1.54) is 6.92 Å². The molecule has 1 saturated heterocycles. The topological polar surface area (TPSA) is 114 Å². The van der Waals surface area contributed by atoms with Gasteiger partial charge in [0, 0.05) is 5.92 Å². The third-order valence-corrected chi connectivity index (χ3v) is 4.88. The van der Waals surface area contributed by atoms with Crippen molar-refractivity contribution in [3.63, 3.8) is 0 Å². The minimum absolute atomic E-state index is 0.201. The first-order chi connectivity index (χ1) is 11.9. The van der Waals surface area contributed by atoms with Gasteiger partial charge in [-0.05, 0) is 19.8 Å². The largest absolute Gasteiger partial charge is 0.388 e. The maximum atomic E-state index is 14.3. The maximum absolute atomic E-state index is 14.3. The van der Waals surface area contributed by atoms with Crippen molar-refractivity contribution in [3.05, 3.63) is 22.5 Å². The number of amides is 1. The molecule has 25 heavy (non-hydrogen) atoms. The van der Waals surface area contributed by atoms with Crippen LogP contribution in [0.15, 0.2) is 11.0 Å². The molecule has 3 N–H and O–H groups in total. The molecule has 2 fully saturated rings. The van der Waals surface area contributed by atoms with Gasteiger partial charge in [0.05, 0.1) is 12.3 Å². The fourth-order valence-corrected chi connectivity index (χ4v) is 3.36. The average Bonchev–Trinajstić information content (AvgIpc) is 2.86. The van der Waals surface area contributed by atoms with Crippen LogP contribution >= 0.6 is 0 Å². The Labute approximate surface area is 143 Å². The SMILES string of the molecule is C[C@H]1O[C@@H](n2cc(F)c(NC(=O)C3CCCCC3)nc2=O)C(O)C1O. The van der Waals surface area contributed by atoms with E-state index in [0.29, 0.717) is 0 Å². The highest BCUT2D eigenvalue weighted by Gasteiger charge is 2.42. The smallest absolute Gasteiger partial charge is 0.351 e. The number of ether oxygens (including phenoxy) is 1. The van der Waals surface area contributed by atoms with Crippen molar-refractivity contribution in [2.45, 2.75) is 63.6 Å². The molecule has 2 aliphatic rings. The molecule has 1 amide bonds. The zero-order chi connectivity index (χ0) is 18.1. The van der Waals surface area contributed by atoms with Gasteiger partial charge in [0.15, 0.2) is 17.9 Å². The quantitative estimate of drug-likeness (QED) is 0.729. The summed E-state index contributed by atoms with van der Waals surface area (Å²) in [6.45, 7) is 1.53. The van der Waals surface area contributed by atoms with Crippen molar-refractivity contribution in [2.24, 2.45) is 5.92 Å². The lowest BCUT2D eigenvalue weighted by molar-refractivity contribution is -0.120. The molecule has 8 nitrogen and oxygen atoms in total. The van der Waals surface area contributed by atoms with Gasteiger partial charge in [-0.25, -0.2) is 9.18 Å². The molecule has 3 rings (SSSR count). The lowest BCUT2D eigenvalue weighted by Gasteiger charge is -2.21. The van der Waals surface area contributed by atoms with Crippen molar-refractivity contribution in [3.8, 4) is 0 Å². The number of hydrogen-bond acceptors (Lipinski definition) is 6. The zero-order valence-corrected chi connectivity index (χ0v) is 13.9. The van der Waals surface area contributed by atoms with E-state index in [1.807, 2.05) is 0 Å². The molecule has 1 aliphatic heterocycles. The fourth-order valence-electron chi connectivity index (χ4n) is 3.36. The first-order valence-electron chi connectivity index (χ1n) is 8.49. The molecule has 0 bridgehead atoms. The molecule has 4 atom stereocenters. The minimum Gasteiger partial charge on any atom is -0.388 e. The van der Waals surface area contributed by atoms with Gasteiger partial charge in [-0.3, -0.25) is 9.36 Å². The fraction of sp³-hybridized carbons (Fsp3) is 0.688. The van der Waals surface area contributed by atoms with Crippen LogP contribution in [0.4, 0.5) is 10.2 Å². The minimum atomic E-state index is -1.38. The van der Waals surface area contributed by atoms with Crippen LogP contribution in [0.3, 0.4) is 0 Å². The van der Waals surface area contributed by atoms with Crippen molar-refractivity contribution >= 4 is 11.7 Å². The maximum Gasteiger partial charge on any atom is 0.351 e. The highest BCUT2D eigenvalue weighted by molar-refractivity contribution is 5.91. The van der Waals surface area contributed by atoms with Crippen LogP contribution < -0.4 is 11.0 Å². The molecule has 1 aromatic heterocycles. The number of hydrogen-bond donors (Lipinski definition) is 3. The molecule has 1 aromatic rings. The number of anilines is 1. The Morgan fingerprint density at radius 3 is 2.60 bits per heavy atom. The van der Waals surface area contributed by atoms with Crippen LogP contribution in [0.25, 0.3) is 0 Å². The van der Waals surface area contributed by atoms with E-state index in [0.717, 1.165) is 42.9 Å². The summed E-state index contributed by atoms with van der Waals surface area (Å²) in [4.78, 5) is 27.9. The van der Waals surface area contributed by atoms with Crippen LogP contribution in [0.5, 0.6) is 0 Å². The van der Waals surface area contributed by atoms with Crippen molar-refractivity contribution in [1.82, 2.24) is 9.55 Å². The summed E-state index contributed by atoms with van der Waals surface area (Å²) < 4.78 is 20.4. The molecular formula is C16H22FN3O5. The predicted molar refractivity (Wildman–Crippen MR) is 85.3 cm³/mol. The Hall–Kier alpha value is -1.84. The molecule has 2 heterocycles. The highest BCUT2D eigenvalue weighted by Crippen LogP contribution is 2.29. The van der Waals surface area contributed by atoms with E-state index in [9.17, 15) is 24.2 Å². The van der Waals surface area contributed by atoms with Crippen molar-refractivity contribution in [2.75, 3.05) is 5.32 Å². The number of carbonyl (C=O) groups excluding carboxylic acids is 1. The summed E-state index contributed by atoms with van der Waals surface area (Å²) in [6, 6.07) is 0. The summed E-state index contributed by atoms with van der Waals surface area (Å²) >= 11 is 0. The van der Waals surface area contributed by atoms with Crippen LogP contribution in [0.2, 0.25) is 0 Å². The lowest BCUT2D eigenvalue weighted by Crippen LogP contribution is -2.36. The number of aliphatic hydroxyl groups excluding tert-OH is 2. The molecule has 138 valence electrons. The highest BCUT2D eigenvalue weighted by atomic mass is 19.1. The molecule has 1 aliphatic carbocycles. The van der Waals surface area contributed by atoms with Crippen LogP contribution in [-0.2, 0) is 9.53 Å². The van der Waals surface area contributed by atoms with Gasteiger partial charge in [-0.15, -0.1) is 0 Å². The van der Waals surface area contributed by atoms with Crippen LogP contribution in [-0.4, -0.2) is 44.0 Å². The summed E-state index contributed by atoms with van der Waals surface area (Å²) in [7, 11) is 0. The number of nitrogens with one attached hydrogen (secondary N) is 1. The predicted octanol–water partition coefficient (Wildman–Crippen LogP) is 0.540. The van der Waals surface area contributed by atoms with E-state index in [1.54, 1.807) is 0 Å². The lowest BCUT2D eigenvalue weighted by atomic mass is 9.89. The normalized spacial score (nSPS) is 30.4. The molecule has 9 heteroatoms. The second-order valence-electron chi connectivity index (χ2n) is 6.66. The number of carbonyl (C=O) groups is 1. The Balaban J connectivity index is 1.78. The standard InChI is InChI=1S/C16H22FN3O5/c1-8-11(21)12(22)15(25-8)20-7-10(17)13(19-16(20)24)18-14(23)9-5-3-2-4-6-9/h7-9,11-12,15,21-22H,2-6H2,1H3,(H,18,19,23,24)/t8-,11?,12?,15-/m1/s1. The molecule has 0 radical (unpaired) electrons. The number of rotatable bonds is 3. The van der Waals surface area contributed by atoms with E-state index >= 15 is 0 Å². The molecule has 1 saturated carbocycles. The van der Waals surface area contributed by atoms with Gasteiger partial charge in [-0.1, -0.05) is 19.3 Å². The van der Waals surface area contributed by atoms with Gasteiger partial charge in [0.25, 0.3) is 0 Å². The second kappa shape index (κ2) is 7.19. The third kappa shape index (κ3) is 3.58. The molecular weight excluding hydrogens is 333 g/mol. The first kappa shape index (κ1) is 18.0. The Morgan fingerprint density at radius 2 is 2.00 bits per heavy atom. The Kier molecular flexibility index (Phi) is 5.16.